The van der Waals surface area contributed by atoms with Gasteiger partial charge in [0.2, 0.25) is 17.6 Å². The maximum Gasteiger partial charge on any atom is 0.227 e. The van der Waals surface area contributed by atoms with E-state index in [1.807, 2.05) is 36.7 Å². The lowest BCUT2D eigenvalue weighted by molar-refractivity contribution is -0.130. The van der Waals surface area contributed by atoms with Crippen LogP contribution in [0, 0.1) is 0 Å². The molecule has 136 valence electrons. The fraction of sp³-hybridized carbons (Fsp3) is 0.190. The van der Waals surface area contributed by atoms with E-state index in [1.165, 1.54) is 10.8 Å². The van der Waals surface area contributed by atoms with Crippen LogP contribution in [0.3, 0.4) is 0 Å². The Hall–Kier alpha value is -2.99. The smallest absolute Gasteiger partial charge is 0.227 e. The van der Waals surface area contributed by atoms with Crippen molar-refractivity contribution in [2.75, 3.05) is 7.05 Å². The third-order valence-electron chi connectivity index (χ3n) is 4.42. The summed E-state index contributed by atoms with van der Waals surface area (Å²) in [5.74, 6) is 1.13. The summed E-state index contributed by atoms with van der Waals surface area (Å²) in [6.45, 7) is 0.577. The number of aromatic nitrogens is 2. The summed E-state index contributed by atoms with van der Waals surface area (Å²) >= 11 is 1.56. The zero-order valence-corrected chi connectivity index (χ0v) is 15.8. The van der Waals surface area contributed by atoms with E-state index in [0.717, 1.165) is 10.4 Å². The molecule has 4 rings (SSSR count). The minimum atomic E-state index is 0.0547. The summed E-state index contributed by atoms with van der Waals surface area (Å²) in [6, 6.07) is 18.4. The molecular formula is C21H19N3O2S. The van der Waals surface area contributed by atoms with Crippen molar-refractivity contribution in [2.45, 2.75) is 19.4 Å². The Balaban J connectivity index is 1.35. The van der Waals surface area contributed by atoms with Crippen molar-refractivity contribution < 1.29 is 9.32 Å². The number of thiophene rings is 1. The van der Waals surface area contributed by atoms with Crippen molar-refractivity contribution in [1.29, 1.82) is 0 Å². The number of aryl methyl sites for hydroxylation is 1. The van der Waals surface area contributed by atoms with Gasteiger partial charge in [0.05, 0.1) is 4.88 Å². The topological polar surface area (TPSA) is 59.2 Å². The van der Waals surface area contributed by atoms with Crippen LogP contribution in [-0.4, -0.2) is 28.0 Å². The van der Waals surface area contributed by atoms with E-state index in [2.05, 4.69) is 40.5 Å². The minimum Gasteiger partial charge on any atom is -0.341 e. The van der Waals surface area contributed by atoms with Gasteiger partial charge in [-0.05, 0) is 33.8 Å². The molecular weight excluding hydrogens is 358 g/mol. The fourth-order valence-electron chi connectivity index (χ4n) is 2.97. The van der Waals surface area contributed by atoms with Gasteiger partial charge in [0, 0.05) is 26.4 Å². The molecule has 0 spiro atoms. The molecule has 5 nitrogen and oxygen atoms in total. The Kier molecular flexibility index (Phi) is 4.98. The molecule has 0 atom stereocenters. The van der Waals surface area contributed by atoms with E-state index in [-0.39, 0.29) is 5.91 Å². The molecule has 0 saturated heterocycles. The Labute approximate surface area is 161 Å². The lowest BCUT2D eigenvalue weighted by atomic mass is 10.1. The number of benzene rings is 2. The van der Waals surface area contributed by atoms with E-state index < -0.39 is 0 Å². The number of rotatable bonds is 6. The Morgan fingerprint density at radius 2 is 1.96 bits per heavy atom. The largest absolute Gasteiger partial charge is 0.341 e. The van der Waals surface area contributed by atoms with Crippen LogP contribution in [0.25, 0.3) is 21.5 Å². The zero-order chi connectivity index (χ0) is 18.6. The highest BCUT2D eigenvalue weighted by molar-refractivity contribution is 7.13. The zero-order valence-electron chi connectivity index (χ0n) is 15.0. The van der Waals surface area contributed by atoms with Crippen molar-refractivity contribution in [3.63, 3.8) is 0 Å². The predicted molar refractivity (Wildman–Crippen MR) is 106 cm³/mol. The highest BCUT2D eigenvalue weighted by atomic mass is 32.1. The molecule has 0 N–H and O–H groups in total. The van der Waals surface area contributed by atoms with E-state index in [4.69, 9.17) is 4.52 Å². The van der Waals surface area contributed by atoms with Gasteiger partial charge in [-0.3, -0.25) is 4.79 Å². The molecule has 0 aliphatic carbocycles. The first kappa shape index (κ1) is 17.4. The summed E-state index contributed by atoms with van der Waals surface area (Å²) in [5.41, 5.74) is 1.11. The molecule has 0 unspecified atom stereocenters. The molecule has 0 aliphatic rings. The Morgan fingerprint density at radius 1 is 1.11 bits per heavy atom. The lowest BCUT2D eigenvalue weighted by Gasteiger charge is -2.17. The third-order valence-corrected chi connectivity index (χ3v) is 5.29. The van der Waals surface area contributed by atoms with Gasteiger partial charge in [-0.1, -0.05) is 47.6 Å². The van der Waals surface area contributed by atoms with Gasteiger partial charge >= 0.3 is 0 Å². The van der Waals surface area contributed by atoms with Crippen LogP contribution in [0.2, 0.25) is 0 Å². The van der Waals surface area contributed by atoms with E-state index in [0.29, 0.717) is 31.1 Å². The average molecular weight is 377 g/mol. The van der Waals surface area contributed by atoms with Crippen molar-refractivity contribution in [1.82, 2.24) is 15.0 Å². The maximum atomic E-state index is 12.5. The van der Waals surface area contributed by atoms with Gasteiger partial charge in [0.1, 0.15) is 0 Å². The summed E-state index contributed by atoms with van der Waals surface area (Å²) in [4.78, 5) is 19.5. The molecule has 0 aliphatic heterocycles. The number of nitrogens with zero attached hydrogens (tertiary/aromatic N) is 3. The van der Waals surface area contributed by atoms with Crippen LogP contribution >= 0.6 is 11.3 Å². The van der Waals surface area contributed by atoms with Gasteiger partial charge in [-0.2, -0.15) is 4.98 Å². The van der Waals surface area contributed by atoms with Crippen LogP contribution in [0.15, 0.2) is 64.5 Å². The average Bonchev–Trinajstić information content (AvgIpc) is 3.37. The van der Waals surface area contributed by atoms with Crippen molar-refractivity contribution >= 4 is 28.0 Å². The molecule has 0 bridgehead atoms. The van der Waals surface area contributed by atoms with Crippen LogP contribution < -0.4 is 0 Å². The number of fused-ring (bicyclic) bond motifs is 1. The first-order valence-electron chi connectivity index (χ1n) is 8.77. The van der Waals surface area contributed by atoms with Crippen molar-refractivity contribution in [3.05, 3.63) is 71.4 Å². The molecule has 2 aromatic carbocycles. The highest BCUT2D eigenvalue weighted by Gasteiger charge is 2.14. The first-order valence-corrected chi connectivity index (χ1v) is 9.65. The second-order valence-electron chi connectivity index (χ2n) is 6.42. The maximum absolute atomic E-state index is 12.5. The van der Waals surface area contributed by atoms with Crippen LogP contribution in [-0.2, 0) is 17.8 Å². The molecule has 27 heavy (non-hydrogen) atoms. The van der Waals surface area contributed by atoms with Crippen LogP contribution in [0.4, 0.5) is 0 Å². The van der Waals surface area contributed by atoms with Gasteiger partial charge in [-0.15, -0.1) is 11.3 Å². The molecule has 0 saturated carbocycles. The minimum absolute atomic E-state index is 0.0547. The van der Waals surface area contributed by atoms with Crippen LogP contribution in [0.5, 0.6) is 0 Å². The molecule has 1 amide bonds. The molecule has 0 fully saturated rings. The molecule has 0 radical (unpaired) electrons. The number of carbonyl (C=O) groups excluding carboxylic acids is 1. The summed E-state index contributed by atoms with van der Waals surface area (Å²) in [5, 5.41) is 8.33. The highest BCUT2D eigenvalue weighted by Crippen LogP contribution is 2.21. The predicted octanol–water partition coefficient (Wildman–Crippen LogP) is 4.54. The van der Waals surface area contributed by atoms with Gasteiger partial charge < -0.3 is 9.42 Å². The normalized spacial score (nSPS) is 11.0. The van der Waals surface area contributed by atoms with Crippen molar-refractivity contribution in [3.8, 4) is 10.7 Å². The standard InChI is InChI=1S/C21H19N3O2S/c1-24(14-15-8-9-16-5-2-3-6-17(16)13-15)20(25)11-10-19-22-21(23-26-19)18-7-4-12-27-18/h2-9,12-13H,10-11,14H2,1H3. The van der Waals surface area contributed by atoms with Gasteiger partial charge in [0.25, 0.3) is 0 Å². The SMILES string of the molecule is CN(Cc1ccc2ccccc2c1)C(=O)CCc1nc(-c2cccs2)no1. The molecule has 6 heteroatoms. The molecule has 2 aromatic heterocycles. The molecule has 2 heterocycles. The number of hydrogen-bond donors (Lipinski definition) is 0. The molecule has 4 aromatic rings. The fourth-order valence-corrected chi connectivity index (χ4v) is 3.62. The van der Waals surface area contributed by atoms with E-state index in [9.17, 15) is 4.79 Å². The van der Waals surface area contributed by atoms with E-state index >= 15 is 0 Å². The van der Waals surface area contributed by atoms with E-state index in [1.54, 1.807) is 16.2 Å². The van der Waals surface area contributed by atoms with Gasteiger partial charge in [0.15, 0.2) is 0 Å². The monoisotopic (exact) mass is 377 g/mol. The second kappa shape index (κ2) is 7.72. The Bertz CT molecular complexity index is 1060. The third kappa shape index (κ3) is 4.06. The summed E-state index contributed by atoms with van der Waals surface area (Å²) in [7, 11) is 1.82. The summed E-state index contributed by atoms with van der Waals surface area (Å²) in [6.07, 6.45) is 0.787. The number of amides is 1. The second-order valence-corrected chi connectivity index (χ2v) is 7.37. The first-order chi connectivity index (χ1) is 13.2. The van der Waals surface area contributed by atoms with Crippen LogP contribution in [0.1, 0.15) is 17.9 Å². The number of carbonyl (C=O) groups is 1. The summed E-state index contributed by atoms with van der Waals surface area (Å²) < 4.78 is 5.26. The quantitative estimate of drug-likeness (QED) is 0.495. The van der Waals surface area contributed by atoms with Crippen molar-refractivity contribution in [2.24, 2.45) is 0 Å². The number of hydrogen-bond acceptors (Lipinski definition) is 5. The Morgan fingerprint density at radius 3 is 2.78 bits per heavy atom. The lowest BCUT2D eigenvalue weighted by Crippen LogP contribution is -2.26. The van der Waals surface area contributed by atoms with Gasteiger partial charge in [-0.25, -0.2) is 0 Å².